The molecule has 0 fully saturated rings. The van der Waals surface area contributed by atoms with Gasteiger partial charge in [-0.05, 0) is 31.0 Å². The number of Topliss-reactive ketones (excluding diaryl/α,β-unsaturated/α-hetero) is 1. The Hall–Kier alpha value is -1.31. The van der Waals surface area contributed by atoms with Crippen molar-refractivity contribution in [2.75, 3.05) is 7.11 Å². The normalized spacial score (nSPS) is 10.3. The van der Waals surface area contributed by atoms with Gasteiger partial charge in [-0.1, -0.05) is 32.3 Å². The molecule has 1 aromatic rings. The van der Waals surface area contributed by atoms with Gasteiger partial charge in [-0.2, -0.15) is 0 Å². The summed E-state index contributed by atoms with van der Waals surface area (Å²) in [4.78, 5) is 12.0. The van der Waals surface area contributed by atoms with Crippen LogP contribution in [0.25, 0.3) is 0 Å². The van der Waals surface area contributed by atoms with E-state index in [1.807, 2.05) is 25.1 Å². The Labute approximate surface area is 104 Å². The van der Waals surface area contributed by atoms with Crippen LogP contribution in [0.5, 0.6) is 5.75 Å². The summed E-state index contributed by atoms with van der Waals surface area (Å²) in [6.45, 7) is 4.17. The summed E-state index contributed by atoms with van der Waals surface area (Å²) in [6, 6.07) is 5.75. The van der Waals surface area contributed by atoms with E-state index in [1.54, 1.807) is 7.11 Å². The van der Waals surface area contributed by atoms with Gasteiger partial charge in [-0.15, -0.1) is 0 Å². The lowest BCUT2D eigenvalue weighted by molar-refractivity contribution is 0.0976. The van der Waals surface area contributed by atoms with E-state index in [-0.39, 0.29) is 5.78 Å². The van der Waals surface area contributed by atoms with E-state index < -0.39 is 0 Å². The van der Waals surface area contributed by atoms with Gasteiger partial charge in [0, 0.05) is 6.42 Å². The molecule has 1 rings (SSSR count). The van der Waals surface area contributed by atoms with Crippen LogP contribution in [0.15, 0.2) is 18.2 Å². The number of hydrogen-bond acceptors (Lipinski definition) is 2. The monoisotopic (exact) mass is 234 g/mol. The third-order valence-corrected chi connectivity index (χ3v) is 2.91. The Morgan fingerprint density at radius 2 is 2.00 bits per heavy atom. The van der Waals surface area contributed by atoms with Crippen LogP contribution >= 0.6 is 0 Å². The Morgan fingerprint density at radius 1 is 1.24 bits per heavy atom. The molecule has 0 bridgehead atoms. The predicted molar refractivity (Wildman–Crippen MR) is 70.8 cm³/mol. The van der Waals surface area contributed by atoms with E-state index in [0.29, 0.717) is 12.2 Å². The zero-order valence-corrected chi connectivity index (χ0v) is 11.1. The number of hydrogen-bond donors (Lipinski definition) is 0. The summed E-state index contributed by atoms with van der Waals surface area (Å²) < 4.78 is 5.25. The van der Waals surface area contributed by atoms with Crippen LogP contribution in [0, 0.1) is 6.92 Å². The maximum atomic E-state index is 12.0. The molecular formula is C15H22O2. The van der Waals surface area contributed by atoms with E-state index in [0.717, 1.165) is 24.0 Å². The molecule has 94 valence electrons. The number of benzene rings is 1. The summed E-state index contributed by atoms with van der Waals surface area (Å²) in [5.74, 6) is 0.892. The molecule has 0 atom stereocenters. The van der Waals surface area contributed by atoms with Gasteiger partial charge in [-0.3, -0.25) is 4.79 Å². The van der Waals surface area contributed by atoms with Crippen molar-refractivity contribution in [3.8, 4) is 5.75 Å². The standard InChI is InChI=1S/C15H22O2/c1-4-5-6-7-8-14(16)13-10-9-12(2)11-15(13)17-3/h9-11H,4-8H2,1-3H3. The minimum absolute atomic E-state index is 0.193. The first-order valence-corrected chi connectivity index (χ1v) is 6.37. The third-order valence-electron chi connectivity index (χ3n) is 2.91. The van der Waals surface area contributed by atoms with Gasteiger partial charge in [-0.25, -0.2) is 0 Å². The average Bonchev–Trinajstić information content (AvgIpc) is 2.34. The van der Waals surface area contributed by atoms with Gasteiger partial charge in [0.25, 0.3) is 0 Å². The zero-order valence-electron chi connectivity index (χ0n) is 11.1. The quantitative estimate of drug-likeness (QED) is 0.523. The van der Waals surface area contributed by atoms with Crippen molar-refractivity contribution in [3.05, 3.63) is 29.3 Å². The lowest BCUT2D eigenvalue weighted by Gasteiger charge is -2.08. The zero-order chi connectivity index (χ0) is 12.7. The molecule has 0 aliphatic heterocycles. The molecule has 0 heterocycles. The summed E-state index contributed by atoms with van der Waals surface area (Å²) in [7, 11) is 1.61. The molecule has 0 aromatic heterocycles. The lowest BCUT2D eigenvalue weighted by atomic mass is 10.0. The van der Waals surface area contributed by atoms with Crippen molar-refractivity contribution in [2.45, 2.75) is 46.0 Å². The van der Waals surface area contributed by atoms with E-state index in [4.69, 9.17) is 4.74 Å². The van der Waals surface area contributed by atoms with Crippen molar-refractivity contribution in [3.63, 3.8) is 0 Å². The van der Waals surface area contributed by atoms with Gasteiger partial charge in [0.05, 0.1) is 12.7 Å². The van der Waals surface area contributed by atoms with Crippen LogP contribution in [0.1, 0.15) is 54.9 Å². The van der Waals surface area contributed by atoms with E-state index >= 15 is 0 Å². The Morgan fingerprint density at radius 3 is 2.65 bits per heavy atom. The van der Waals surface area contributed by atoms with Crippen LogP contribution in [0.4, 0.5) is 0 Å². The first-order valence-electron chi connectivity index (χ1n) is 6.37. The van der Waals surface area contributed by atoms with Gasteiger partial charge >= 0.3 is 0 Å². The second kappa shape index (κ2) is 7.10. The van der Waals surface area contributed by atoms with Gasteiger partial charge < -0.3 is 4.74 Å². The molecule has 0 aliphatic carbocycles. The molecule has 0 spiro atoms. The first kappa shape index (κ1) is 13.8. The second-order valence-electron chi connectivity index (χ2n) is 4.44. The Kier molecular flexibility index (Phi) is 5.75. The third kappa shape index (κ3) is 4.22. The largest absolute Gasteiger partial charge is 0.496 e. The summed E-state index contributed by atoms with van der Waals surface area (Å²) >= 11 is 0. The second-order valence-corrected chi connectivity index (χ2v) is 4.44. The molecule has 0 radical (unpaired) electrons. The molecular weight excluding hydrogens is 212 g/mol. The van der Waals surface area contributed by atoms with Crippen LogP contribution in [-0.2, 0) is 0 Å². The number of ketones is 1. The minimum atomic E-state index is 0.193. The highest BCUT2D eigenvalue weighted by Crippen LogP contribution is 2.22. The highest BCUT2D eigenvalue weighted by Gasteiger charge is 2.11. The Bertz CT molecular complexity index is 369. The summed E-state index contributed by atoms with van der Waals surface area (Å²) in [6.07, 6.45) is 5.14. The SMILES string of the molecule is CCCCCCC(=O)c1ccc(C)cc1OC. The van der Waals surface area contributed by atoms with Crippen LogP contribution in [0.2, 0.25) is 0 Å². The maximum absolute atomic E-state index is 12.0. The molecule has 0 aliphatic rings. The van der Waals surface area contributed by atoms with E-state index in [9.17, 15) is 4.79 Å². The topological polar surface area (TPSA) is 26.3 Å². The van der Waals surface area contributed by atoms with E-state index in [2.05, 4.69) is 6.92 Å². The number of carbonyl (C=O) groups excluding carboxylic acids is 1. The fraction of sp³-hybridized carbons (Fsp3) is 0.533. The highest BCUT2D eigenvalue weighted by molar-refractivity contribution is 5.98. The maximum Gasteiger partial charge on any atom is 0.166 e. The van der Waals surface area contributed by atoms with Gasteiger partial charge in [0.2, 0.25) is 0 Å². The van der Waals surface area contributed by atoms with E-state index in [1.165, 1.54) is 12.8 Å². The van der Waals surface area contributed by atoms with Crippen LogP contribution < -0.4 is 4.74 Å². The fourth-order valence-electron chi connectivity index (χ4n) is 1.88. The fourth-order valence-corrected chi connectivity index (χ4v) is 1.88. The van der Waals surface area contributed by atoms with Crippen LogP contribution in [0.3, 0.4) is 0 Å². The van der Waals surface area contributed by atoms with Gasteiger partial charge in [0.15, 0.2) is 5.78 Å². The molecule has 2 nitrogen and oxygen atoms in total. The molecule has 0 N–H and O–H groups in total. The first-order chi connectivity index (χ1) is 8.19. The lowest BCUT2D eigenvalue weighted by Crippen LogP contribution is -2.02. The molecule has 0 amide bonds. The molecule has 2 heteroatoms. The Balaban J connectivity index is 2.62. The van der Waals surface area contributed by atoms with Crippen molar-refractivity contribution >= 4 is 5.78 Å². The number of carbonyl (C=O) groups is 1. The van der Waals surface area contributed by atoms with Crippen molar-refractivity contribution < 1.29 is 9.53 Å². The average molecular weight is 234 g/mol. The molecule has 0 saturated heterocycles. The van der Waals surface area contributed by atoms with Gasteiger partial charge in [0.1, 0.15) is 5.75 Å². The molecule has 0 saturated carbocycles. The number of ether oxygens (including phenoxy) is 1. The minimum Gasteiger partial charge on any atom is -0.496 e. The molecule has 1 aromatic carbocycles. The number of methoxy groups -OCH3 is 1. The summed E-state index contributed by atoms with van der Waals surface area (Å²) in [5, 5.41) is 0. The number of aryl methyl sites for hydroxylation is 1. The molecule has 0 unspecified atom stereocenters. The predicted octanol–water partition coefficient (Wildman–Crippen LogP) is 4.16. The highest BCUT2D eigenvalue weighted by atomic mass is 16.5. The van der Waals surface area contributed by atoms with Crippen molar-refractivity contribution in [1.29, 1.82) is 0 Å². The summed E-state index contributed by atoms with van der Waals surface area (Å²) in [5.41, 5.74) is 1.83. The van der Waals surface area contributed by atoms with Crippen molar-refractivity contribution in [2.24, 2.45) is 0 Å². The van der Waals surface area contributed by atoms with Crippen molar-refractivity contribution in [1.82, 2.24) is 0 Å². The smallest absolute Gasteiger partial charge is 0.166 e. The number of rotatable bonds is 7. The number of unbranched alkanes of at least 4 members (excludes halogenated alkanes) is 3. The molecule has 17 heavy (non-hydrogen) atoms. The van der Waals surface area contributed by atoms with Crippen LogP contribution in [-0.4, -0.2) is 12.9 Å².